The van der Waals surface area contributed by atoms with Crippen LogP contribution in [0, 0.1) is 5.92 Å². The monoisotopic (exact) mass is 536 g/mol. The highest BCUT2D eigenvalue weighted by atomic mass is 79.9. The van der Waals surface area contributed by atoms with Gasteiger partial charge in [-0.3, -0.25) is 14.4 Å². The third-order valence-electron chi connectivity index (χ3n) is 4.86. The summed E-state index contributed by atoms with van der Waals surface area (Å²) in [5.74, 6) is -2.52. The van der Waals surface area contributed by atoms with Crippen LogP contribution in [0.15, 0.2) is 46.9 Å². The summed E-state index contributed by atoms with van der Waals surface area (Å²) in [6.07, 6.45) is 0.701. The summed E-state index contributed by atoms with van der Waals surface area (Å²) < 4.78 is 10.9. The van der Waals surface area contributed by atoms with Crippen LogP contribution in [0.2, 0.25) is 5.02 Å². The molecule has 0 unspecified atom stereocenters. The van der Waals surface area contributed by atoms with E-state index < -0.39 is 30.4 Å². The minimum absolute atomic E-state index is 0.0247. The third-order valence-corrected chi connectivity index (χ3v) is 6.09. The van der Waals surface area contributed by atoms with Crippen LogP contribution in [-0.4, -0.2) is 43.5 Å². The first-order valence-electron chi connectivity index (χ1n) is 10.3. The maximum atomic E-state index is 12.4. The maximum absolute atomic E-state index is 12.4. The molecule has 0 aliphatic carbocycles. The molecule has 1 saturated heterocycles. The first-order valence-corrected chi connectivity index (χ1v) is 11.4. The third kappa shape index (κ3) is 6.55. The fourth-order valence-electron chi connectivity index (χ4n) is 3.20. The maximum Gasteiger partial charge on any atom is 0.338 e. The number of carbonyl (C=O) groups is 4. The first-order chi connectivity index (χ1) is 15.8. The smallest absolute Gasteiger partial charge is 0.338 e. The van der Waals surface area contributed by atoms with Crippen molar-refractivity contribution in [1.29, 1.82) is 0 Å². The lowest BCUT2D eigenvalue weighted by molar-refractivity contribution is -0.151. The van der Waals surface area contributed by atoms with Crippen LogP contribution in [0.25, 0.3) is 0 Å². The Morgan fingerprint density at radius 3 is 2.55 bits per heavy atom. The molecular weight excluding hydrogens is 516 g/mol. The lowest BCUT2D eigenvalue weighted by Gasteiger charge is -2.17. The number of carbonyl (C=O) groups excluding carboxylic acids is 4. The fourth-order valence-corrected chi connectivity index (χ4v) is 3.62. The van der Waals surface area contributed by atoms with Crippen LogP contribution in [0.3, 0.4) is 0 Å². The Balaban J connectivity index is 1.51. The Bertz CT molecular complexity index is 1060. The molecule has 0 bridgehead atoms. The van der Waals surface area contributed by atoms with Crippen molar-refractivity contribution in [3.05, 3.63) is 57.5 Å². The van der Waals surface area contributed by atoms with Crippen LogP contribution in [-0.2, 0) is 23.9 Å². The number of hydrogen-bond acceptors (Lipinski definition) is 6. The molecule has 1 N–H and O–H groups in total. The quantitative estimate of drug-likeness (QED) is 0.506. The molecule has 0 spiro atoms. The zero-order valence-corrected chi connectivity index (χ0v) is 20.1. The van der Waals surface area contributed by atoms with E-state index in [0.29, 0.717) is 33.0 Å². The molecule has 1 heterocycles. The highest BCUT2D eigenvalue weighted by Crippen LogP contribution is 2.27. The van der Waals surface area contributed by atoms with Gasteiger partial charge in [0.05, 0.1) is 23.1 Å². The van der Waals surface area contributed by atoms with Gasteiger partial charge in [0.2, 0.25) is 5.91 Å². The Morgan fingerprint density at radius 2 is 1.88 bits per heavy atom. The number of nitrogens with one attached hydrogen (secondary N) is 1. The number of ether oxygens (including phenoxy) is 2. The molecule has 174 valence electrons. The summed E-state index contributed by atoms with van der Waals surface area (Å²) >= 11 is 9.25. The van der Waals surface area contributed by atoms with E-state index in [4.69, 9.17) is 21.1 Å². The number of anilines is 2. The van der Waals surface area contributed by atoms with Crippen molar-refractivity contribution in [3.63, 3.8) is 0 Å². The van der Waals surface area contributed by atoms with Gasteiger partial charge < -0.3 is 19.7 Å². The number of halogens is 2. The number of amides is 2. The van der Waals surface area contributed by atoms with E-state index in [9.17, 15) is 19.2 Å². The molecule has 1 aliphatic rings. The Morgan fingerprint density at radius 1 is 1.15 bits per heavy atom. The van der Waals surface area contributed by atoms with E-state index in [2.05, 4.69) is 21.2 Å². The molecule has 8 nitrogen and oxygen atoms in total. The number of esters is 2. The Kier molecular flexibility index (Phi) is 8.46. The van der Waals surface area contributed by atoms with Crippen LogP contribution >= 0.6 is 27.5 Å². The second-order valence-electron chi connectivity index (χ2n) is 7.37. The lowest BCUT2D eigenvalue weighted by atomic mass is 10.1. The second kappa shape index (κ2) is 11.3. The van der Waals surface area contributed by atoms with E-state index in [-0.39, 0.29) is 18.9 Å². The largest absolute Gasteiger partial charge is 0.462 e. The van der Waals surface area contributed by atoms with Gasteiger partial charge in [-0.25, -0.2) is 4.79 Å². The van der Waals surface area contributed by atoms with Gasteiger partial charge in [0, 0.05) is 28.8 Å². The van der Waals surface area contributed by atoms with Crippen molar-refractivity contribution in [3.8, 4) is 0 Å². The van der Waals surface area contributed by atoms with Gasteiger partial charge in [-0.2, -0.15) is 0 Å². The second-order valence-corrected chi connectivity index (χ2v) is 8.63. The molecule has 1 fully saturated rings. The highest BCUT2D eigenvalue weighted by molar-refractivity contribution is 9.10. The molecule has 3 rings (SSSR count). The van der Waals surface area contributed by atoms with Gasteiger partial charge >= 0.3 is 11.9 Å². The number of nitrogens with zero attached hydrogens (tertiary/aromatic N) is 1. The van der Waals surface area contributed by atoms with Gasteiger partial charge in [-0.15, -0.1) is 0 Å². The van der Waals surface area contributed by atoms with Gasteiger partial charge in [0.1, 0.15) is 0 Å². The van der Waals surface area contributed by atoms with E-state index in [1.165, 1.54) is 4.90 Å². The average Bonchev–Trinajstić information content (AvgIpc) is 3.20. The van der Waals surface area contributed by atoms with E-state index in [1.807, 2.05) is 6.92 Å². The van der Waals surface area contributed by atoms with Gasteiger partial charge in [-0.05, 0) is 64.8 Å². The number of benzene rings is 2. The van der Waals surface area contributed by atoms with Gasteiger partial charge in [0.15, 0.2) is 6.61 Å². The van der Waals surface area contributed by atoms with E-state index in [1.54, 1.807) is 42.5 Å². The molecule has 10 heteroatoms. The van der Waals surface area contributed by atoms with Crippen molar-refractivity contribution in [2.75, 3.05) is 30.0 Å². The molecule has 2 aromatic rings. The summed E-state index contributed by atoms with van der Waals surface area (Å²) in [5, 5.41) is 3.02. The summed E-state index contributed by atoms with van der Waals surface area (Å²) in [6, 6.07) is 11.3. The summed E-state index contributed by atoms with van der Waals surface area (Å²) in [5.41, 5.74) is 1.41. The van der Waals surface area contributed by atoms with E-state index >= 15 is 0 Å². The van der Waals surface area contributed by atoms with Crippen molar-refractivity contribution in [1.82, 2.24) is 0 Å². The first kappa shape index (κ1) is 24.7. The normalized spacial score (nSPS) is 15.3. The molecular formula is C23H22BrClN2O6. The summed E-state index contributed by atoms with van der Waals surface area (Å²) in [6.45, 7) is 1.89. The Hall–Kier alpha value is -2.91. The zero-order valence-electron chi connectivity index (χ0n) is 17.8. The average molecular weight is 538 g/mol. The molecule has 0 radical (unpaired) electrons. The molecule has 1 atom stereocenters. The topological polar surface area (TPSA) is 102 Å². The molecule has 1 aliphatic heterocycles. The van der Waals surface area contributed by atoms with Crippen LogP contribution in [0.1, 0.15) is 30.1 Å². The molecule has 0 saturated carbocycles. The predicted molar refractivity (Wildman–Crippen MR) is 126 cm³/mol. The van der Waals surface area contributed by atoms with Crippen molar-refractivity contribution >= 4 is 62.7 Å². The highest BCUT2D eigenvalue weighted by Gasteiger charge is 2.36. The van der Waals surface area contributed by atoms with Crippen LogP contribution in [0.4, 0.5) is 11.4 Å². The predicted octanol–water partition coefficient (Wildman–Crippen LogP) is 4.20. The Labute approximate surface area is 204 Å². The number of hydrogen-bond donors (Lipinski definition) is 1. The van der Waals surface area contributed by atoms with Crippen molar-refractivity contribution in [2.45, 2.75) is 19.8 Å². The zero-order chi connectivity index (χ0) is 24.0. The van der Waals surface area contributed by atoms with Crippen molar-refractivity contribution < 1.29 is 28.7 Å². The minimum Gasteiger partial charge on any atom is -0.462 e. The molecule has 0 aromatic heterocycles. The molecule has 2 amide bonds. The van der Waals surface area contributed by atoms with Gasteiger partial charge in [-0.1, -0.05) is 18.5 Å². The van der Waals surface area contributed by atoms with E-state index in [0.717, 1.165) is 6.42 Å². The summed E-state index contributed by atoms with van der Waals surface area (Å²) in [7, 11) is 0. The van der Waals surface area contributed by atoms with Crippen LogP contribution in [0.5, 0.6) is 0 Å². The van der Waals surface area contributed by atoms with Crippen LogP contribution < -0.4 is 10.2 Å². The minimum atomic E-state index is -0.693. The van der Waals surface area contributed by atoms with Crippen molar-refractivity contribution in [2.24, 2.45) is 5.92 Å². The fraction of sp³-hybridized carbons (Fsp3) is 0.304. The van der Waals surface area contributed by atoms with Gasteiger partial charge in [0.25, 0.3) is 5.91 Å². The lowest BCUT2D eigenvalue weighted by Crippen LogP contribution is -2.28. The molecule has 33 heavy (non-hydrogen) atoms. The molecule has 2 aromatic carbocycles. The standard InChI is InChI=1S/C23H22BrClN2O6/c1-2-9-32-22(30)14-3-6-17(7-4-14)27-12-15(10-21(27)29)23(31)33-13-20(28)26-16-5-8-18(24)19(25)11-16/h3-8,11,15H,2,9-10,12-13H2,1H3,(H,26,28)/t15-/m1/s1. The number of rotatable bonds is 8. The SMILES string of the molecule is CCCOC(=O)c1ccc(N2C[C@H](C(=O)OCC(=O)Nc3ccc(Br)c(Cl)c3)CC2=O)cc1. The summed E-state index contributed by atoms with van der Waals surface area (Å²) in [4.78, 5) is 50.3.